The second kappa shape index (κ2) is 6.00. The van der Waals surface area contributed by atoms with Gasteiger partial charge in [-0.15, -0.1) is 0 Å². The van der Waals surface area contributed by atoms with E-state index in [2.05, 4.69) is 26.6 Å². The van der Waals surface area contributed by atoms with Gasteiger partial charge in [-0.25, -0.2) is 0 Å². The van der Waals surface area contributed by atoms with Crippen LogP contribution < -0.4 is 10.6 Å². The van der Waals surface area contributed by atoms with Crippen LogP contribution in [-0.2, 0) is 4.79 Å². The first-order valence-corrected chi connectivity index (χ1v) is 6.79. The molecule has 1 aliphatic heterocycles. The molecular formula is C12H12BrN3O4. The van der Waals surface area contributed by atoms with Crippen LogP contribution in [0.4, 0.5) is 5.69 Å². The number of nitrogens with zero attached hydrogens (tertiary/aromatic N) is 1. The molecule has 7 nitrogen and oxygen atoms in total. The molecule has 1 aliphatic rings. The fourth-order valence-electron chi connectivity index (χ4n) is 1.96. The number of hydrogen-bond acceptors (Lipinski definition) is 4. The summed E-state index contributed by atoms with van der Waals surface area (Å²) in [5.41, 5.74) is 0.0469. The van der Waals surface area contributed by atoms with Crippen molar-refractivity contribution in [3.05, 3.63) is 38.3 Å². The molecular weight excluding hydrogens is 330 g/mol. The van der Waals surface area contributed by atoms with Crippen molar-refractivity contribution in [2.75, 3.05) is 6.54 Å². The smallest absolute Gasteiger partial charge is 0.284 e. The Labute approximate surface area is 123 Å². The number of piperidine rings is 1. The van der Waals surface area contributed by atoms with Gasteiger partial charge in [0.1, 0.15) is 4.47 Å². The Bertz CT molecular complexity index is 566. The van der Waals surface area contributed by atoms with Gasteiger partial charge in [-0.1, -0.05) is 6.07 Å². The fraction of sp³-hybridized carbons (Fsp3) is 0.333. The number of carbonyl (C=O) groups excluding carboxylic acids is 2. The highest BCUT2D eigenvalue weighted by atomic mass is 79.9. The Morgan fingerprint density at radius 3 is 2.85 bits per heavy atom. The molecule has 1 aromatic rings. The van der Waals surface area contributed by atoms with Crippen LogP contribution in [-0.4, -0.2) is 29.3 Å². The topological polar surface area (TPSA) is 101 Å². The van der Waals surface area contributed by atoms with Crippen LogP contribution in [0.1, 0.15) is 23.2 Å². The largest absolute Gasteiger partial charge is 0.354 e. The van der Waals surface area contributed by atoms with Crippen LogP contribution in [0.3, 0.4) is 0 Å². The highest BCUT2D eigenvalue weighted by molar-refractivity contribution is 9.10. The van der Waals surface area contributed by atoms with E-state index in [0.29, 0.717) is 19.4 Å². The third-order valence-corrected chi connectivity index (χ3v) is 3.85. The minimum Gasteiger partial charge on any atom is -0.354 e. The number of halogens is 1. The number of nitrogens with one attached hydrogen (secondary N) is 2. The van der Waals surface area contributed by atoms with Crippen molar-refractivity contribution in [3.63, 3.8) is 0 Å². The molecule has 0 radical (unpaired) electrons. The van der Waals surface area contributed by atoms with Crippen molar-refractivity contribution in [2.24, 2.45) is 0 Å². The molecule has 1 heterocycles. The molecule has 0 bridgehead atoms. The van der Waals surface area contributed by atoms with Crippen molar-refractivity contribution in [2.45, 2.75) is 18.9 Å². The van der Waals surface area contributed by atoms with Gasteiger partial charge in [0.2, 0.25) is 5.91 Å². The van der Waals surface area contributed by atoms with Crippen molar-refractivity contribution in [1.82, 2.24) is 10.6 Å². The van der Waals surface area contributed by atoms with Gasteiger partial charge in [0.15, 0.2) is 0 Å². The second-order valence-corrected chi connectivity index (χ2v) is 5.20. The number of amides is 2. The molecule has 8 heteroatoms. The quantitative estimate of drug-likeness (QED) is 0.640. The summed E-state index contributed by atoms with van der Waals surface area (Å²) in [5, 5.41) is 16.2. The minimum atomic E-state index is -0.554. The predicted molar refractivity (Wildman–Crippen MR) is 74.3 cm³/mol. The standard InChI is InChI=1S/C12H12BrN3O4/c13-11-8(2-1-3-9(11)16(19)20)12(18)15-7-4-5-10(17)14-6-7/h1-3,7H,4-6H2,(H,14,17)(H,15,18). The maximum Gasteiger partial charge on any atom is 0.284 e. The molecule has 2 amide bonds. The minimum absolute atomic E-state index is 0.0352. The van der Waals surface area contributed by atoms with Crippen LogP contribution in [0.5, 0.6) is 0 Å². The highest BCUT2D eigenvalue weighted by Gasteiger charge is 2.23. The zero-order valence-corrected chi connectivity index (χ0v) is 12.0. The van der Waals surface area contributed by atoms with E-state index in [4.69, 9.17) is 0 Å². The maximum absolute atomic E-state index is 12.1. The lowest BCUT2D eigenvalue weighted by Crippen LogP contribution is -2.47. The third-order valence-electron chi connectivity index (χ3n) is 3.02. The van der Waals surface area contributed by atoms with Crippen LogP contribution in [0.2, 0.25) is 0 Å². The number of rotatable bonds is 3. The van der Waals surface area contributed by atoms with E-state index < -0.39 is 10.8 Å². The normalized spacial score (nSPS) is 18.2. The van der Waals surface area contributed by atoms with E-state index in [0.717, 1.165) is 0 Å². The summed E-state index contributed by atoms with van der Waals surface area (Å²) in [4.78, 5) is 33.4. The molecule has 2 N–H and O–H groups in total. The number of nitro benzene ring substituents is 1. The van der Waals surface area contributed by atoms with Gasteiger partial charge < -0.3 is 10.6 Å². The summed E-state index contributed by atoms with van der Waals surface area (Å²) in [6.45, 7) is 0.372. The molecule has 0 spiro atoms. The van der Waals surface area contributed by atoms with Crippen molar-refractivity contribution < 1.29 is 14.5 Å². The van der Waals surface area contributed by atoms with E-state index in [-0.39, 0.29) is 27.7 Å². The van der Waals surface area contributed by atoms with E-state index in [1.807, 2.05) is 0 Å². The van der Waals surface area contributed by atoms with Crippen molar-refractivity contribution in [3.8, 4) is 0 Å². The lowest BCUT2D eigenvalue weighted by Gasteiger charge is -2.23. The molecule has 106 valence electrons. The van der Waals surface area contributed by atoms with Gasteiger partial charge in [0.25, 0.3) is 11.6 Å². The molecule has 0 aromatic heterocycles. The molecule has 2 rings (SSSR count). The number of benzene rings is 1. The summed E-state index contributed by atoms with van der Waals surface area (Å²) >= 11 is 3.08. The van der Waals surface area contributed by atoms with Gasteiger partial charge in [-0.3, -0.25) is 19.7 Å². The summed E-state index contributed by atoms with van der Waals surface area (Å²) in [7, 11) is 0. The van der Waals surface area contributed by atoms with E-state index in [9.17, 15) is 19.7 Å². The number of hydrogen-bond donors (Lipinski definition) is 2. The third kappa shape index (κ3) is 3.13. The lowest BCUT2D eigenvalue weighted by molar-refractivity contribution is -0.385. The van der Waals surface area contributed by atoms with E-state index in [1.54, 1.807) is 0 Å². The Morgan fingerprint density at radius 1 is 1.50 bits per heavy atom. The molecule has 0 saturated carbocycles. The number of nitro groups is 1. The monoisotopic (exact) mass is 341 g/mol. The van der Waals surface area contributed by atoms with Crippen LogP contribution in [0, 0.1) is 10.1 Å². The summed E-state index contributed by atoms with van der Waals surface area (Å²) in [6, 6.07) is 4.13. The van der Waals surface area contributed by atoms with Crippen molar-refractivity contribution >= 4 is 33.4 Å². The highest BCUT2D eigenvalue weighted by Crippen LogP contribution is 2.28. The lowest BCUT2D eigenvalue weighted by atomic mass is 10.1. The first kappa shape index (κ1) is 14.4. The maximum atomic E-state index is 12.1. The van der Waals surface area contributed by atoms with Gasteiger partial charge in [0, 0.05) is 25.1 Å². The van der Waals surface area contributed by atoms with Crippen LogP contribution >= 0.6 is 15.9 Å². The SMILES string of the molecule is O=C1CCC(NC(=O)c2cccc([N+](=O)[O-])c2Br)CN1. The van der Waals surface area contributed by atoms with E-state index in [1.165, 1.54) is 18.2 Å². The molecule has 1 unspecified atom stereocenters. The average molecular weight is 342 g/mol. The van der Waals surface area contributed by atoms with E-state index >= 15 is 0 Å². The van der Waals surface area contributed by atoms with Gasteiger partial charge in [0.05, 0.1) is 10.5 Å². The molecule has 1 aromatic carbocycles. The van der Waals surface area contributed by atoms with Gasteiger partial charge in [-0.05, 0) is 28.4 Å². The molecule has 1 atom stereocenters. The summed E-state index contributed by atoms with van der Waals surface area (Å²) < 4.78 is 0.155. The van der Waals surface area contributed by atoms with Gasteiger partial charge in [-0.2, -0.15) is 0 Å². The average Bonchev–Trinajstić information content (AvgIpc) is 2.41. The molecule has 1 saturated heterocycles. The summed E-state index contributed by atoms with van der Waals surface area (Å²) in [5.74, 6) is -0.436. The van der Waals surface area contributed by atoms with Crippen LogP contribution in [0.15, 0.2) is 22.7 Å². The molecule has 20 heavy (non-hydrogen) atoms. The fourth-order valence-corrected chi connectivity index (χ4v) is 2.54. The Morgan fingerprint density at radius 2 is 2.25 bits per heavy atom. The summed E-state index contributed by atoms with van der Waals surface area (Å²) in [6.07, 6.45) is 0.922. The van der Waals surface area contributed by atoms with Crippen LogP contribution in [0.25, 0.3) is 0 Å². The number of carbonyl (C=O) groups is 2. The molecule has 0 aliphatic carbocycles. The zero-order chi connectivity index (χ0) is 14.7. The Kier molecular flexibility index (Phi) is 4.33. The Balaban J connectivity index is 2.11. The zero-order valence-electron chi connectivity index (χ0n) is 10.4. The second-order valence-electron chi connectivity index (χ2n) is 4.41. The van der Waals surface area contributed by atoms with Crippen molar-refractivity contribution in [1.29, 1.82) is 0 Å². The predicted octanol–water partition coefficient (Wildman–Crippen LogP) is 1.37. The Hall–Kier alpha value is -1.96. The first-order chi connectivity index (χ1) is 9.49. The van der Waals surface area contributed by atoms with Gasteiger partial charge >= 0.3 is 0 Å². The molecule has 1 fully saturated rings. The first-order valence-electron chi connectivity index (χ1n) is 5.99.